The fourth-order valence-corrected chi connectivity index (χ4v) is 1.71. The molecule has 0 aromatic carbocycles. The van der Waals surface area contributed by atoms with Crippen LogP contribution in [0.1, 0.15) is 51.4 Å². The Kier molecular flexibility index (Phi) is 3.49. The van der Waals surface area contributed by atoms with Gasteiger partial charge in [0.25, 0.3) is 0 Å². The SMILES string of the molecule is CCOC(c1noc(C(C)(C)CN)n1)C1CC1. The second-order valence-corrected chi connectivity index (χ2v) is 5.26. The number of nitrogens with two attached hydrogens (primary N) is 1. The summed E-state index contributed by atoms with van der Waals surface area (Å²) in [4.78, 5) is 4.45. The third-order valence-corrected chi connectivity index (χ3v) is 3.18. The van der Waals surface area contributed by atoms with E-state index in [1.165, 1.54) is 12.8 Å². The molecule has 5 nitrogen and oxygen atoms in total. The third kappa shape index (κ3) is 2.66. The van der Waals surface area contributed by atoms with Crippen molar-refractivity contribution in [3.05, 3.63) is 11.7 Å². The molecule has 96 valence electrons. The fourth-order valence-electron chi connectivity index (χ4n) is 1.71. The lowest BCUT2D eigenvalue weighted by atomic mass is 9.94. The molecule has 1 unspecified atom stereocenters. The average molecular weight is 239 g/mol. The quantitative estimate of drug-likeness (QED) is 0.819. The summed E-state index contributed by atoms with van der Waals surface area (Å²) in [6.45, 7) is 7.14. The Bertz CT molecular complexity index is 372. The summed E-state index contributed by atoms with van der Waals surface area (Å²) >= 11 is 0. The molecule has 0 aliphatic heterocycles. The van der Waals surface area contributed by atoms with Gasteiger partial charge in [0.1, 0.15) is 6.10 Å². The van der Waals surface area contributed by atoms with E-state index in [0.717, 1.165) is 0 Å². The number of rotatable bonds is 6. The highest BCUT2D eigenvalue weighted by Crippen LogP contribution is 2.42. The Morgan fingerprint density at radius 1 is 1.53 bits per heavy atom. The van der Waals surface area contributed by atoms with Gasteiger partial charge in [0.2, 0.25) is 11.7 Å². The Labute approximate surface area is 102 Å². The molecule has 1 aromatic rings. The van der Waals surface area contributed by atoms with Gasteiger partial charge >= 0.3 is 0 Å². The standard InChI is InChI=1S/C12H21N3O2/c1-4-16-9(8-5-6-8)10-14-11(17-15-10)12(2,3)7-13/h8-9H,4-7,13H2,1-3H3. The van der Waals surface area contributed by atoms with E-state index >= 15 is 0 Å². The van der Waals surface area contributed by atoms with Crippen LogP contribution in [-0.4, -0.2) is 23.3 Å². The first-order valence-electron chi connectivity index (χ1n) is 6.24. The summed E-state index contributed by atoms with van der Waals surface area (Å²) in [5.74, 6) is 1.83. The molecule has 1 heterocycles. The van der Waals surface area contributed by atoms with E-state index in [0.29, 0.717) is 30.8 Å². The minimum Gasteiger partial charge on any atom is -0.370 e. The Balaban J connectivity index is 2.15. The molecule has 1 fully saturated rings. The number of hydrogen-bond acceptors (Lipinski definition) is 5. The van der Waals surface area contributed by atoms with Crippen molar-refractivity contribution < 1.29 is 9.26 Å². The maximum absolute atomic E-state index is 5.70. The molecule has 1 aliphatic rings. The van der Waals surface area contributed by atoms with Gasteiger partial charge in [0.05, 0.1) is 5.41 Å². The first-order valence-corrected chi connectivity index (χ1v) is 6.24. The lowest BCUT2D eigenvalue weighted by Gasteiger charge is -2.16. The number of nitrogens with zero attached hydrogens (tertiary/aromatic N) is 2. The van der Waals surface area contributed by atoms with Gasteiger partial charge in [-0.2, -0.15) is 4.98 Å². The highest BCUT2D eigenvalue weighted by atomic mass is 16.5. The molecule has 1 saturated carbocycles. The van der Waals surface area contributed by atoms with Crippen molar-refractivity contribution in [1.29, 1.82) is 0 Å². The van der Waals surface area contributed by atoms with Crippen molar-refractivity contribution in [3.8, 4) is 0 Å². The van der Waals surface area contributed by atoms with Crippen LogP contribution in [0.5, 0.6) is 0 Å². The first kappa shape index (κ1) is 12.5. The summed E-state index contributed by atoms with van der Waals surface area (Å²) in [5, 5.41) is 4.04. The van der Waals surface area contributed by atoms with Gasteiger partial charge in [-0.05, 0) is 39.5 Å². The second-order valence-electron chi connectivity index (χ2n) is 5.26. The monoisotopic (exact) mass is 239 g/mol. The van der Waals surface area contributed by atoms with Crippen LogP contribution in [0, 0.1) is 5.92 Å². The summed E-state index contributed by atoms with van der Waals surface area (Å²) in [6, 6.07) is 0. The van der Waals surface area contributed by atoms with Gasteiger partial charge in [-0.3, -0.25) is 0 Å². The molecule has 0 bridgehead atoms. The fraction of sp³-hybridized carbons (Fsp3) is 0.833. The maximum atomic E-state index is 5.70. The highest BCUT2D eigenvalue weighted by Gasteiger charge is 2.37. The van der Waals surface area contributed by atoms with E-state index in [2.05, 4.69) is 10.1 Å². The van der Waals surface area contributed by atoms with Crippen LogP contribution < -0.4 is 5.73 Å². The average Bonchev–Trinajstić information content (AvgIpc) is 3.02. The lowest BCUT2D eigenvalue weighted by molar-refractivity contribution is 0.0384. The van der Waals surface area contributed by atoms with Crippen LogP contribution in [0.3, 0.4) is 0 Å². The zero-order chi connectivity index (χ0) is 12.5. The number of aromatic nitrogens is 2. The van der Waals surface area contributed by atoms with Crippen molar-refractivity contribution in [2.24, 2.45) is 11.7 Å². The second kappa shape index (κ2) is 4.74. The van der Waals surface area contributed by atoms with Crippen LogP contribution in [0.4, 0.5) is 0 Å². The Morgan fingerprint density at radius 2 is 2.24 bits per heavy atom. The van der Waals surface area contributed by atoms with Gasteiger partial charge < -0.3 is 15.0 Å². The van der Waals surface area contributed by atoms with Crippen molar-refractivity contribution in [2.45, 2.75) is 45.1 Å². The molecule has 5 heteroatoms. The Morgan fingerprint density at radius 3 is 2.76 bits per heavy atom. The normalized spacial score (nSPS) is 18.4. The van der Waals surface area contributed by atoms with Gasteiger partial charge in [-0.15, -0.1) is 0 Å². The van der Waals surface area contributed by atoms with Crippen LogP contribution in [0.25, 0.3) is 0 Å². The molecule has 0 amide bonds. The minimum atomic E-state index is -0.272. The minimum absolute atomic E-state index is 0.00826. The van der Waals surface area contributed by atoms with Crippen molar-refractivity contribution in [3.63, 3.8) is 0 Å². The van der Waals surface area contributed by atoms with Crippen molar-refractivity contribution in [2.75, 3.05) is 13.2 Å². The highest BCUT2D eigenvalue weighted by molar-refractivity contribution is 5.05. The predicted molar refractivity (Wildman–Crippen MR) is 63.5 cm³/mol. The molecule has 0 spiro atoms. The smallest absolute Gasteiger partial charge is 0.233 e. The molecule has 0 saturated heterocycles. The molecule has 1 atom stereocenters. The van der Waals surface area contributed by atoms with Crippen molar-refractivity contribution >= 4 is 0 Å². The van der Waals surface area contributed by atoms with Crippen LogP contribution in [0.2, 0.25) is 0 Å². The third-order valence-electron chi connectivity index (χ3n) is 3.18. The summed E-state index contributed by atoms with van der Waals surface area (Å²) < 4.78 is 11.0. The van der Waals surface area contributed by atoms with Gasteiger partial charge in [0, 0.05) is 13.2 Å². The van der Waals surface area contributed by atoms with Crippen LogP contribution in [0.15, 0.2) is 4.52 Å². The first-order chi connectivity index (χ1) is 8.08. The molecular formula is C12H21N3O2. The Hall–Kier alpha value is -0.940. The zero-order valence-corrected chi connectivity index (χ0v) is 10.8. The number of hydrogen-bond donors (Lipinski definition) is 1. The van der Waals surface area contributed by atoms with E-state index in [1.54, 1.807) is 0 Å². The number of ether oxygens (including phenoxy) is 1. The van der Waals surface area contributed by atoms with Gasteiger partial charge in [-0.25, -0.2) is 0 Å². The van der Waals surface area contributed by atoms with E-state index in [-0.39, 0.29) is 11.5 Å². The van der Waals surface area contributed by atoms with Gasteiger partial charge in [-0.1, -0.05) is 5.16 Å². The van der Waals surface area contributed by atoms with E-state index in [4.69, 9.17) is 15.0 Å². The molecule has 1 aliphatic carbocycles. The molecule has 2 rings (SSSR count). The molecule has 2 N–H and O–H groups in total. The topological polar surface area (TPSA) is 74.2 Å². The van der Waals surface area contributed by atoms with Crippen molar-refractivity contribution in [1.82, 2.24) is 10.1 Å². The van der Waals surface area contributed by atoms with Crippen LogP contribution >= 0.6 is 0 Å². The lowest BCUT2D eigenvalue weighted by Crippen LogP contribution is -2.28. The summed E-state index contributed by atoms with van der Waals surface area (Å²) in [6.07, 6.45) is 2.37. The summed E-state index contributed by atoms with van der Waals surface area (Å²) in [7, 11) is 0. The summed E-state index contributed by atoms with van der Waals surface area (Å²) in [5.41, 5.74) is 5.42. The molecular weight excluding hydrogens is 218 g/mol. The van der Waals surface area contributed by atoms with E-state index in [9.17, 15) is 0 Å². The molecule has 1 aromatic heterocycles. The maximum Gasteiger partial charge on any atom is 0.233 e. The van der Waals surface area contributed by atoms with Crippen LogP contribution in [-0.2, 0) is 10.2 Å². The molecule has 17 heavy (non-hydrogen) atoms. The van der Waals surface area contributed by atoms with E-state index < -0.39 is 0 Å². The largest absolute Gasteiger partial charge is 0.370 e. The van der Waals surface area contributed by atoms with Gasteiger partial charge in [0.15, 0.2) is 0 Å². The predicted octanol–water partition coefficient (Wildman–Crippen LogP) is 1.79. The molecule has 0 radical (unpaired) electrons. The zero-order valence-electron chi connectivity index (χ0n) is 10.8. The van der Waals surface area contributed by atoms with E-state index in [1.807, 2.05) is 20.8 Å².